The normalized spacial score (nSPS) is 16.2. The Balaban J connectivity index is 1.38. The molecule has 3 heterocycles. The summed E-state index contributed by atoms with van der Waals surface area (Å²) in [5, 5.41) is 5.82. The molecule has 1 fully saturated rings. The lowest BCUT2D eigenvalue weighted by molar-refractivity contribution is -0.132. The lowest BCUT2D eigenvalue weighted by Crippen LogP contribution is -2.54. The zero-order valence-electron chi connectivity index (χ0n) is 20.7. The van der Waals surface area contributed by atoms with Crippen LogP contribution in [-0.4, -0.2) is 50.8 Å². The molecule has 5 rings (SSSR count). The highest BCUT2D eigenvalue weighted by Crippen LogP contribution is 2.24. The molecule has 0 bridgehead atoms. The lowest BCUT2D eigenvalue weighted by Gasteiger charge is -2.41. The minimum absolute atomic E-state index is 0.0728. The van der Waals surface area contributed by atoms with E-state index in [9.17, 15) is 9.59 Å². The monoisotopic (exact) mass is 469 g/mol. The van der Waals surface area contributed by atoms with Crippen molar-refractivity contribution < 1.29 is 4.79 Å². The van der Waals surface area contributed by atoms with E-state index in [2.05, 4.69) is 48.1 Å². The van der Waals surface area contributed by atoms with Gasteiger partial charge >= 0.3 is 0 Å². The molecule has 7 heteroatoms. The number of hydrogen-bond donors (Lipinski definition) is 0. The Hall–Kier alpha value is -3.87. The lowest BCUT2D eigenvalue weighted by atomic mass is 10.1. The van der Waals surface area contributed by atoms with E-state index in [1.54, 1.807) is 6.20 Å². The molecule has 0 radical (unpaired) electrons. The van der Waals surface area contributed by atoms with Gasteiger partial charge in [0.15, 0.2) is 0 Å². The van der Waals surface area contributed by atoms with Gasteiger partial charge in [0, 0.05) is 48.1 Å². The van der Waals surface area contributed by atoms with Crippen LogP contribution in [0.15, 0.2) is 65.6 Å². The number of piperazine rings is 1. The topological polar surface area (TPSA) is 63.4 Å². The molecule has 1 unspecified atom stereocenters. The van der Waals surface area contributed by atoms with Crippen LogP contribution in [0.4, 0.5) is 5.69 Å². The Morgan fingerprint density at radius 3 is 2.43 bits per heavy atom. The molecule has 1 aliphatic heterocycles. The van der Waals surface area contributed by atoms with Gasteiger partial charge in [0.2, 0.25) is 5.91 Å². The highest BCUT2D eigenvalue weighted by molar-refractivity contribution is 5.88. The number of hydrogen-bond acceptors (Lipinski definition) is 4. The highest BCUT2D eigenvalue weighted by Gasteiger charge is 2.28. The van der Waals surface area contributed by atoms with Crippen molar-refractivity contribution in [1.82, 2.24) is 19.2 Å². The van der Waals surface area contributed by atoms with Gasteiger partial charge in [0.25, 0.3) is 5.56 Å². The number of aromatic nitrogens is 3. The molecule has 180 valence electrons. The minimum Gasteiger partial charge on any atom is -0.365 e. The maximum atomic E-state index is 13.4. The van der Waals surface area contributed by atoms with E-state index in [1.165, 1.54) is 15.9 Å². The van der Waals surface area contributed by atoms with Crippen molar-refractivity contribution in [3.63, 3.8) is 0 Å². The van der Waals surface area contributed by atoms with E-state index < -0.39 is 0 Å². The third-order valence-corrected chi connectivity index (χ3v) is 7.15. The van der Waals surface area contributed by atoms with Crippen molar-refractivity contribution >= 4 is 22.4 Å². The smallest absolute Gasteiger partial charge is 0.281 e. The van der Waals surface area contributed by atoms with Gasteiger partial charge in [-0.05, 0) is 57.5 Å². The first-order valence-corrected chi connectivity index (χ1v) is 12.1. The van der Waals surface area contributed by atoms with E-state index in [1.807, 2.05) is 53.6 Å². The van der Waals surface area contributed by atoms with Crippen LogP contribution in [0.3, 0.4) is 0 Å². The summed E-state index contributed by atoms with van der Waals surface area (Å²) in [6.45, 7) is 10.5. The molecule has 0 aliphatic carbocycles. The molecule has 4 aromatic rings. The summed E-state index contributed by atoms with van der Waals surface area (Å²) in [6.07, 6.45) is 1.73. The first-order valence-electron chi connectivity index (χ1n) is 12.1. The zero-order valence-corrected chi connectivity index (χ0v) is 20.7. The van der Waals surface area contributed by atoms with Gasteiger partial charge in [-0.2, -0.15) is 9.78 Å². The van der Waals surface area contributed by atoms with Crippen molar-refractivity contribution in [2.45, 2.75) is 40.3 Å². The second-order valence-corrected chi connectivity index (χ2v) is 9.46. The van der Waals surface area contributed by atoms with Crippen molar-refractivity contribution in [1.29, 1.82) is 0 Å². The molecule has 0 N–H and O–H groups in total. The van der Waals surface area contributed by atoms with Crippen molar-refractivity contribution in [2.24, 2.45) is 0 Å². The van der Waals surface area contributed by atoms with Crippen molar-refractivity contribution in [2.75, 3.05) is 24.5 Å². The molecule has 7 nitrogen and oxygen atoms in total. The van der Waals surface area contributed by atoms with Crippen LogP contribution in [-0.2, 0) is 11.3 Å². The Bertz CT molecular complexity index is 1450. The summed E-state index contributed by atoms with van der Waals surface area (Å²) >= 11 is 0. The predicted molar refractivity (Wildman–Crippen MR) is 139 cm³/mol. The van der Waals surface area contributed by atoms with E-state index in [4.69, 9.17) is 0 Å². The third-order valence-electron chi connectivity index (χ3n) is 7.15. The molecule has 2 aromatic carbocycles. The van der Waals surface area contributed by atoms with E-state index in [-0.39, 0.29) is 24.1 Å². The molecule has 1 atom stereocenters. The van der Waals surface area contributed by atoms with Crippen LogP contribution in [0, 0.1) is 20.8 Å². The molecule has 35 heavy (non-hydrogen) atoms. The summed E-state index contributed by atoms with van der Waals surface area (Å²) in [4.78, 5) is 31.0. The summed E-state index contributed by atoms with van der Waals surface area (Å²) in [6, 6.07) is 18.1. The van der Waals surface area contributed by atoms with Gasteiger partial charge in [0.1, 0.15) is 6.54 Å². The molecule has 0 spiro atoms. The van der Waals surface area contributed by atoms with Gasteiger partial charge in [0.05, 0.1) is 17.3 Å². The van der Waals surface area contributed by atoms with Gasteiger partial charge < -0.3 is 14.4 Å². The quantitative estimate of drug-likeness (QED) is 0.456. The first-order chi connectivity index (χ1) is 16.8. The number of amides is 1. The number of benzene rings is 2. The largest absolute Gasteiger partial charge is 0.365 e. The average molecular weight is 470 g/mol. The number of para-hydroxylation sites is 1. The molecule has 1 amide bonds. The van der Waals surface area contributed by atoms with Crippen LogP contribution in [0.5, 0.6) is 0 Å². The Labute approximate surface area is 205 Å². The van der Waals surface area contributed by atoms with Crippen LogP contribution in [0.1, 0.15) is 23.9 Å². The van der Waals surface area contributed by atoms with E-state index >= 15 is 0 Å². The fourth-order valence-electron chi connectivity index (χ4n) is 5.21. The molecule has 2 aromatic heterocycles. The van der Waals surface area contributed by atoms with Crippen molar-refractivity contribution in [3.05, 3.63) is 88.1 Å². The Morgan fingerprint density at radius 2 is 1.71 bits per heavy atom. The fourth-order valence-corrected chi connectivity index (χ4v) is 5.21. The summed E-state index contributed by atoms with van der Waals surface area (Å²) in [5.74, 6) is 0.0728. The predicted octanol–water partition coefficient (Wildman–Crippen LogP) is 3.85. The fraction of sp³-hybridized carbons (Fsp3) is 0.321. The van der Waals surface area contributed by atoms with Gasteiger partial charge in [-0.1, -0.05) is 30.3 Å². The van der Waals surface area contributed by atoms with Crippen LogP contribution >= 0.6 is 0 Å². The maximum Gasteiger partial charge on any atom is 0.281 e. The van der Waals surface area contributed by atoms with Gasteiger partial charge in [-0.15, -0.1) is 0 Å². The number of rotatable bonds is 4. The first kappa shape index (κ1) is 22.9. The van der Waals surface area contributed by atoms with Gasteiger partial charge in [-0.25, -0.2) is 0 Å². The molecule has 1 saturated heterocycles. The standard InChI is InChI=1S/C28H31N5O2/c1-19-9-8-12-24(15-19)31-14-13-30(17-20(31)2)26(34)18-32-21(3)25-16-29-33(23-10-6-5-7-11-23)28(35)27(25)22(32)4/h5-12,15-16,20H,13-14,17-18H2,1-4H3. The average Bonchev–Trinajstić information content (AvgIpc) is 3.10. The van der Waals surface area contributed by atoms with E-state index in [0.29, 0.717) is 18.5 Å². The van der Waals surface area contributed by atoms with Crippen LogP contribution < -0.4 is 10.5 Å². The zero-order chi connectivity index (χ0) is 24.7. The molecule has 1 aliphatic rings. The van der Waals surface area contributed by atoms with Crippen LogP contribution in [0.2, 0.25) is 0 Å². The SMILES string of the molecule is Cc1cccc(N2CCN(C(=O)Cn3c(C)c4cnn(-c5ccccc5)c(=O)c4c3C)CC2C)c1. The Kier molecular flexibility index (Phi) is 5.93. The number of carbonyl (C=O) groups is 1. The Morgan fingerprint density at radius 1 is 0.971 bits per heavy atom. The second kappa shape index (κ2) is 9.06. The molecule has 0 saturated carbocycles. The second-order valence-electron chi connectivity index (χ2n) is 9.46. The summed E-state index contributed by atoms with van der Waals surface area (Å²) in [5.41, 5.74) is 4.69. The van der Waals surface area contributed by atoms with E-state index in [0.717, 1.165) is 29.0 Å². The van der Waals surface area contributed by atoms with Gasteiger partial charge in [-0.3, -0.25) is 9.59 Å². The minimum atomic E-state index is -0.166. The van der Waals surface area contributed by atoms with Crippen LogP contribution in [0.25, 0.3) is 16.5 Å². The number of aryl methyl sites for hydroxylation is 3. The number of carbonyl (C=O) groups excluding carboxylic acids is 1. The third kappa shape index (κ3) is 4.11. The summed E-state index contributed by atoms with van der Waals surface area (Å²) in [7, 11) is 0. The number of fused-ring (bicyclic) bond motifs is 1. The number of anilines is 1. The molecular weight excluding hydrogens is 438 g/mol. The highest BCUT2D eigenvalue weighted by atomic mass is 16.2. The maximum absolute atomic E-state index is 13.4. The molecular formula is C28H31N5O2. The summed E-state index contributed by atoms with van der Waals surface area (Å²) < 4.78 is 3.39. The van der Waals surface area contributed by atoms with Crippen molar-refractivity contribution in [3.8, 4) is 5.69 Å². The number of nitrogens with zero attached hydrogens (tertiary/aromatic N) is 5.